The van der Waals surface area contributed by atoms with E-state index in [-0.39, 0.29) is 18.1 Å². The first kappa shape index (κ1) is 14.9. The van der Waals surface area contributed by atoms with Crippen LogP contribution in [0.3, 0.4) is 0 Å². The number of amides is 1. The van der Waals surface area contributed by atoms with Crippen molar-refractivity contribution < 1.29 is 9.53 Å². The van der Waals surface area contributed by atoms with Gasteiger partial charge in [-0.2, -0.15) is 0 Å². The van der Waals surface area contributed by atoms with Gasteiger partial charge in [-0.1, -0.05) is 30.3 Å². The first-order chi connectivity index (χ1) is 9.37. The van der Waals surface area contributed by atoms with E-state index in [1.165, 1.54) is 5.56 Å². The second-order valence-corrected chi connectivity index (χ2v) is 6.40. The molecule has 0 bridgehead atoms. The lowest BCUT2D eigenvalue weighted by Gasteiger charge is -2.37. The van der Waals surface area contributed by atoms with Gasteiger partial charge in [0.2, 0.25) is 0 Å². The highest BCUT2D eigenvalue weighted by atomic mass is 16.6. The molecule has 1 fully saturated rings. The van der Waals surface area contributed by atoms with E-state index in [0.717, 1.165) is 6.42 Å². The Morgan fingerprint density at radius 2 is 1.95 bits per heavy atom. The van der Waals surface area contributed by atoms with E-state index >= 15 is 0 Å². The number of nitrogens with two attached hydrogens (primary N) is 1. The quantitative estimate of drug-likeness (QED) is 0.858. The van der Waals surface area contributed by atoms with Crippen molar-refractivity contribution in [1.29, 1.82) is 0 Å². The summed E-state index contributed by atoms with van der Waals surface area (Å²) >= 11 is 0. The molecular formula is C16H24N2O2. The van der Waals surface area contributed by atoms with Crippen LogP contribution in [0.4, 0.5) is 4.79 Å². The predicted octanol–water partition coefficient (Wildman–Crippen LogP) is 2.74. The molecule has 0 radical (unpaired) electrons. The third-order valence-corrected chi connectivity index (χ3v) is 3.55. The number of carbonyl (C=O) groups is 1. The maximum atomic E-state index is 12.2. The molecule has 0 aliphatic carbocycles. The van der Waals surface area contributed by atoms with Crippen LogP contribution < -0.4 is 5.73 Å². The molecule has 4 heteroatoms. The van der Waals surface area contributed by atoms with E-state index in [1.807, 2.05) is 39.0 Å². The molecular weight excluding hydrogens is 252 g/mol. The molecule has 1 aliphatic heterocycles. The minimum atomic E-state index is -0.459. The Morgan fingerprint density at radius 3 is 2.55 bits per heavy atom. The summed E-state index contributed by atoms with van der Waals surface area (Å²) in [7, 11) is 0. The molecule has 2 atom stereocenters. The summed E-state index contributed by atoms with van der Waals surface area (Å²) < 4.78 is 5.44. The van der Waals surface area contributed by atoms with Crippen molar-refractivity contribution in [3.8, 4) is 0 Å². The van der Waals surface area contributed by atoms with Crippen LogP contribution in [0, 0.1) is 0 Å². The SMILES string of the molecule is CC(C)(C)OC(=O)N1CC[C@@H](N)[C@@H](c2ccccc2)C1. The van der Waals surface area contributed by atoms with Gasteiger partial charge in [-0.05, 0) is 32.8 Å². The highest BCUT2D eigenvalue weighted by Crippen LogP contribution is 2.27. The summed E-state index contributed by atoms with van der Waals surface area (Å²) in [5.41, 5.74) is 6.95. The molecule has 20 heavy (non-hydrogen) atoms. The molecule has 4 nitrogen and oxygen atoms in total. The zero-order valence-corrected chi connectivity index (χ0v) is 12.5. The average Bonchev–Trinajstić information content (AvgIpc) is 2.38. The van der Waals surface area contributed by atoms with Crippen molar-refractivity contribution in [3.05, 3.63) is 35.9 Å². The van der Waals surface area contributed by atoms with Gasteiger partial charge in [0.05, 0.1) is 0 Å². The third kappa shape index (κ3) is 3.73. The number of nitrogens with zero attached hydrogens (tertiary/aromatic N) is 1. The van der Waals surface area contributed by atoms with Crippen molar-refractivity contribution in [2.45, 2.75) is 44.8 Å². The zero-order chi connectivity index (χ0) is 14.8. The van der Waals surface area contributed by atoms with Gasteiger partial charge in [-0.15, -0.1) is 0 Å². The number of hydrogen-bond acceptors (Lipinski definition) is 3. The smallest absolute Gasteiger partial charge is 0.410 e. The molecule has 0 saturated carbocycles. The second kappa shape index (κ2) is 5.83. The van der Waals surface area contributed by atoms with Crippen molar-refractivity contribution >= 4 is 6.09 Å². The van der Waals surface area contributed by atoms with Crippen molar-refractivity contribution in [1.82, 2.24) is 4.90 Å². The van der Waals surface area contributed by atoms with Gasteiger partial charge >= 0.3 is 6.09 Å². The number of benzene rings is 1. The number of piperidine rings is 1. The molecule has 1 saturated heterocycles. The summed E-state index contributed by atoms with van der Waals surface area (Å²) in [6.45, 7) is 6.94. The highest BCUT2D eigenvalue weighted by molar-refractivity contribution is 5.68. The molecule has 0 unspecified atom stereocenters. The van der Waals surface area contributed by atoms with Gasteiger partial charge in [0, 0.05) is 25.0 Å². The number of rotatable bonds is 1. The molecule has 0 spiro atoms. The summed E-state index contributed by atoms with van der Waals surface area (Å²) in [4.78, 5) is 13.9. The average molecular weight is 276 g/mol. The van der Waals surface area contributed by atoms with E-state index in [0.29, 0.717) is 13.1 Å². The Morgan fingerprint density at radius 1 is 1.30 bits per heavy atom. The van der Waals surface area contributed by atoms with E-state index in [9.17, 15) is 4.79 Å². The Kier molecular flexibility index (Phi) is 4.33. The minimum Gasteiger partial charge on any atom is -0.444 e. The molecule has 2 rings (SSSR count). The van der Waals surface area contributed by atoms with Gasteiger partial charge in [0.25, 0.3) is 0 Å². The summed E-state index contributed by atoms with van der Waals surface area (Å²) in [6, 6.07) is 10.2. The number of ether oxygens (including phenoxy) is 1. The first-order valence-electron chi connectivity index (χ1n) is 7.15. The zero-order valence-electron chi connectivity index (χ0n) is 12.5. The van der Waals surface area contributed by atoms with Gasteiger partial charge in [0.15, 0.2) is 0 Å². The summed E-state index contributed by atoms with van der Waals surface area (Å²) in [5, 5.41) is 0. The normalized spacial score (nSPS) is 23.5. The van der Waals surface area contributed by atoms with Gasteiger partial charge in [-0.3, -0.25) is 0 Å². The summed E-state index contributed by atoms with van der Waals surface area (Å²) in [6.07, 6.45) is 0.559. The molecule has 1 heterocycles. The lowest BCUT2D eigenvalue weighted by molar-refractivity contribution is 0.0186. The Labute approximate surface area is 120 Å². The lowest BCUT2D eigenvalue weighted by atomic mass is 9.87. The van der Waals surface area contributed by atoms with Crippen LogP contribution in [0.5, 0.6) is 0 Å². The maximum Gasteiger partial charge on any atom is 0.410 e. The fourth-order valence-electron chi connectivity index (χ4n) is 2.52. The molecule has 2 N–H and O–H groups in total. The van der Waals surface area contributed by atoms with Gasteiger partial charge in [-0.25, -0.2) is 4.79 Å². The van der Waals surface area contributed by atoms with Crippen molar-refractivity contribution in [2.75, 3.05) is 13.1 Å². The molecule has 0 aromatic heterocycles. The molecule has 1 aliphatic rings. The van der Waals surface area contributed by atoms with Gasteiger partial charge in [0.1, 0.15) is 5.60 Å². The largest absolute Gasteiger partial charge is 0.444 e. The van der Waals surface area contributed by atoms with Crippen molar-refractivity contribution in [3.63, 3.8) is 0 Å². The maximum absolute atomic E-state index is 12.2. The number of likely N-dealkylation sites (tertiary alicyclic amines) is 1. The van der Waals surface area contributed by atoms with E-state index in [1.54, 1.807) is 4.90 Å². The topological polar surface area (TPSA) is 55.6 Å². The van der Waals surface area contributed by atoms with Crippen LogP contribution in [0.25, 0.3) is 0 Å². The molecule has 1 amide bonds. The van der Waals surface area contributed by atoms with Crippen LogP contribution in [0.1, 0.15) is 38.7 Å². The van der Waals surface area contributed by atoms with E-state index in [4.69, 9.17) is 10.5 Å². The van der Waals surface area contributed by atoms with E-state index in [2.05, 4.69) is 12.1 Å². The Bertz CT molecular complexity index is 453. The monoisotopic (exact) mass is 276 g/mol. The lowest BCUT2D eigenvalue weighted by Crippen LogP contribution is -2.49. The second-order valence-electron chi connectivity index (χ2n) is 6.40. The summed E-state index contributed by atoms with van der Waals surface area (Å²) in [5.74, 6) is 0.178. The fourth-order valence-corrected chi connectivity index (χ4v) is 2.52. The molecule has 110 valence electrons. The highest BCUT2D eigenvalue weighted by Gasteiger charge is 2.32. The fraction of sp³-hybridized carbons (Fsp3) is 0.562. The Balaban J connectivity index is 2.07. The number of hydrogen-bond donors (Lipinski definition) is 1. The minimum absolute atomic E-state index is 0.0936. The predicted molar refractivity (Wildman–Crippen MR) is 79.6 cm³/mol. The first-order valence-corrected chi connectivity index (χ1v) is 7.15. The molecule has 1 aromatic rings. The third-order valence-electron chi connectivity index (χ3n) is 3.55. The Hall–Kier alpha value is -1.55. The van der Waals surface area contributed by atoms with Crippen LogP contribution in [0.15, 0.2) is 30.3 Å². The van der Waals surface area contributed by atoms with Crippen LogP contribution in [0.2, 0.25) is 0 Å². The van der Waals surface area contributed by atoms with E-state index < -0.39 is 5.60 Å². The number of carbonyl (C=O) groups excluding carboxylic acids is 1. The van der Waals surface area contributed by atoms with Crippen molar-refractivity contribution in [2.24, 2.45) is 5.73 Å². The van der Waals surface area contributed by atoms with Gasteiger partial charge < -0.3 is 15.4 Å². The van der Waals surface area contributed by atoms with Crippen LogP contribution in [-0.4, -0.2) is 35.7 Å². The van der Waals surface area contributed by atoms with Crippen LogP contribution in [-0.2, 0) is 4.74 Å². The molecule has 1 aromatic carbocycles. The van der Waals surface area contributed by atoms with Crippen LogP contribution >= 0.6 is 0 Å². The standard InChI is InChI=1S/C16H24N2O2/c1-16(2,3)20-15(19)18-10-9-14(17)13(11-18)12-7-5-4-6-8-12/h4-8,13-14H,9-11,17H2,1-3H3/t13-,14-/m1/s1.